The second-order valence-electron chi connectivity index (χ2n) is 6.16. The zero-order chi connectivity index (χ0) is 18.6. The van der Waals surface area contributed by atoms with Crippen molar-refractivity contribution in [3.8, 4) is 0 Å². The Labute approximate surface area is 153 Å². The third-order valence-corrected chi connectivity index (χ3v) is 5.89. The Kier molecular flexibility index (Phi) is 5.53. The molecule has 1 aromatic heterocycles. The van der Waals surface area contributed by atoms with Gasteiger partial charge in [-0.3, -0.25) is 4.79 Å². The number of aromatic nitrogens is 1. The molecule has 138 valence electrons. The second-order valence-corrected chi connectivity index (χ2v) is 8.04. The summed E-state index contributed by atoms with van der Waals surface area (Å²) < 4.78 is 26.0. The first kappa shape index (κ1) is 18.3. The maximum atomic E-state index is 12.5. The van der Waals surface area contributed by atoms with Gasteiger partial charge in [0.1, 0.15) is 5.82 Å². The Balaban J connectivity index is 1.60. The second kappa shape index (κ2) is 7.84. The molecule has 1 aliphatic heterocycles. The summed E-state index contributed by atoms with van der Waals surface area (Å²) in [5.41, 5.74) is 0.341. The SMILES string of the molecule is CNS(=O)(=O)c1cccc(C(=O)NC2CCN(c3ccccn3)CC2)c1. The number of nitrogens with zero attached hydrogens (tertiary/aromatic N) is 2. The number of nitrogens with one attached hydrogen (secondary N) is 2. The van der Waals surface area contributed by atoms with Crippen LogP contribution in [0.3, 0.4) is 0 Å². The molecule has 1 fully saturated rings. The number of hydrogen-bond acceptors (Lipinski definition) is 5. The van der Waals surface area contributed by atoms with Crippen LogP contribution in [-0.2, 0) is 10.0 Å². The van der Waals surface area contributed by atoms with Crippen LogP contribution in [0.2, 0.25) is 0 Å². The quantitative estimate of drug-likeness (QED) is 0.825. The fraction of sp³-hybridized carbons (Fsp3) is 0.333. The van der Waals surface area contributed by atoms with Crippen molar-refractivity contribution < 1.29 is 13.2 Å². The molecule has 0 atom stereocenters. The van der Waals surface area contributed by atoms with Gasteiger partial charge < -0.3 is 10.2 Å². The molecule has 0 bridgehead atoms. The van der Waals surface area contributed by atoms with E-state index in [9.17, 15) is 13.2 Å². The predicted octanol–water partition coefficient (Wildman–Crippen LogP) is 1.39. The molecule has 7 nitrogen and oxygen atoms in total. The molecule has 1 amide bonds. The molecule has 2 aromatic rings. The number of benzene rings is 1. The normalized spacial score (nSPS) is 15.7. The fourth-order valence-electron chi connectivity index (χ4n) is 2.98. The third kappa shape index (κ3) is 4.20. The van der Waals surface area contributed by atoms with Gasteiger partial charge in [-0.2, -0.15) is 0 Å². The Hall–Kier alpha value is -2.45. The van der Waals surface area contributed by atoms with Gasteiger partial charge in [-0.1, -0.05) is 12.1 Å². The highest BCUT2D eigenvalue weighted by molar-refractivity contribution is 7.89. The number of carbonyl (C=O) groups is 1. The average molecular weight is 374 g/mol. The van der Waals surface area contributed by atoms with Crippen molar-refractivity contribution in [3.05, 3.63) is 54.2 Å². The zero-order valence-corrected chi connectivity index (χ0v) is 15.4. The van der Waals surface area contributed by atoms with E-state index >= 15 is 0 Å². The maximum absolute atomic E-state index is 12.5. The maximum Gasteiger partial charge on any atom is 0.251 e. The third-order valence-electron chi connectivity index (χ3n) is 4.48. The fourth-order valence-corrected chi connectivity index (χ4v) is 3.76. The molecule has 1 saturated heterocycles. The van der Waals surface area contributed by atoms with Crippen LogP contribution in [0.1, 0.15) is 23.2 Å². The van der Waals surface area contributed by atoms with Crippen LogP contribution in [0.25, 0.3) is 0 Å². The van der Waals surface area contributed by atoms with Gasteiger partial charge in [0.25, 0.3) is 5.91 Å². The number of rotatable bonds is 5. The van der Waals surface area contributed by atoms with E-state index in [2.05, 4.69) is 19.9 Å². The van der Waals surface area contributed by atoms with E-state index in [1.165, 1.54) is 19.2 Å². The van der Waals surface area contributed by atoms with Gasteiger partial charge in [0, 0.05) is 30.9 Å². The lowest BCUT2D eigenvalue weighted by Crippen LogP contribution is -2.45. The van der Waals surface area contributed by atoms with E-state index in [-0.39, 0.29) is 16.8 Å². The molecular weight excluding hydrogens is 352 g/mol. The van der Waals surface area contributed by atoms with Gasteiger partial charge in [0.15, 0.2) is 0 Å². The van der Waals surface area contributed by atoms with Crippen molar-refractivity contribution in [3.63, 3.8) is 0 Å². The van der Waals surface area contributed by atoms with E-state index < -0.39 is 10.0 Å². The van der Waals surface area contributed by atoms with Crippen molar-refractivity contribution in [2.45, 2.75) is 23.8 Å². The largest absolute Gasteiger partial charge is 0.356 e. The molecule has 0 saturated carbocycles. The Morgan fingerprint density at radius 3 is 2.58 bits per heavy atom. The van der Waals surface area contributed by atoms with Crippen molar-refractivity contribution in [1.82, 2.24) is 15.0 Å². The molecule has 26 heavy (non-hydrogen) atoms. The van der Waals surface area contributed by atoms with Crippen LogP contribution in [0, 0.1) is 0 Å². The van der Waals surface area contributed by atoms with Crippen LogP contribution in [0.5, 0.6) is 0 Å². The lowest BCUT2D eigenvalue weighted by Gasteiger charge is -2.33. The van der Waals surface area contributed by atoms with Crippen LogP contribution in [0.4, 0.5) is 5.82 Å². The standard InChI is InChI=1S/C18H22N4O3S/c1-19-26(24,25)16-6-4-5-14(13-16)18(23)21-15-8-11-22(12-9-15)17-7-2-3-10-20-17/h2-7,10,13,15,19H,8-9,11-12H2,1H3,(H,21,23). The highest BCUT2D eigenvalue weighted by atomic mass is 32.2. The van der Waals surface area contributed by atoms with Crippen molar-refractivity contribution in [2.24, 2.45) is 0 Å². The molecule has 8 heteroatoms. The molecule has 0 spiro atoms. The van der Waals surface area contributed by atoms with Crippen LogP contribution in [-0.4, -0.2) is 45.5 Å². The highest BCUT2D eigenvalue weighted by Crippen LogP contribution is 2.18. The molecule has 0 radical (unpaired) electrons. The number of carbonyl (C=O) groups excluding carboxylic acids is 1. The van der Waals surface area contributed by atoms with Crippen molar-refractivity contribution >= 4 is 21.7 Å². The molecule has 0 aliphatic carbocycles. The first-order valence-electron chi connectivity index (χ1n) is 8.50. The molecule has 1 aromatic carbocycles. The molecule has 2 heterocycles. The summed E-state index contributed by atoms with van der Waals surface area (Å²) in [6.45, 7) is 1.63. The lowest BCUT2D eigenvalue weighted by molar-refractivity contribution is 0.0931. The Bertz CT molecular complexity index is 863. The molecular formula is C18H22N4O3S. The smallest absolute Gasteiger partial charge is 0.251 e. The summed E-state index contributed by atoms with van der Waals surface area (Å²) in [4.78, 5) is 19.1. The lowest BCUT2D eigenvalue weighted by atomic mass is 10.0. The number of hydrogen-bond donors (Lipinski definition) is 2. The Morgan fingerprint density at radius 2 is 1.92 bits per heavy atom. The first-order valence-corrected chi connectivity index (χ1v) is 9.98. The number of sulfonamides is 1. The molecule has 0 unspecified atom stereocenters. The summed E-state index contributed by atoms with van der Waals surface area (Å²) in [5.74, 6) is 0.691. The summed E-state index contributed by atoms with van der Waals surface area (Å²) in [7, 11) is -2.22. The van der Waals surface area contributed by atoms with Gasteiger partial charge in [0.05, 0.1) is 4.90 Å². The monoisotopic (exact) mass is 374 g/mol. The van der Waals surface area contributed by atoms with Crippen LogP contribution < -0.4 is 14.9 Å². The first-order chi connectivity index (χ1) is 12.5. The molecule has 1 aliphatic rings. The van der Waals surface area contributed by atoms with E-state index in [0.717, 1.165) is 31.7 Å². The molecule has 3 rings (SSSR count). The topological polar surface area (TPSA) is 91.4 Å². The minimum Gasteiger partial charge on any atom is -0.356 e. The number of anilines is 1. The zero-order valence-electron chi connectivity index (χ0n) is 14.6. The summed E-state index contributed by atoms with van der Waals surface area (Å²) in [6.07, 6.45) is 3.41. The van der Waals surface area contributed by atoms with E-state index in [0.29, 0.717) is 5.56 Å². The number of amides is 1. The highest BCUT2D eigenvalue weighted by Gasteiger charge is 2.22. The van der Waals surface area contributed by atoms with E-state index in [4.69, 9.17) is 0 Å². The summed E-state index contributed by atoms with van der Waals surface area (Å²) in [6, 6.07) is 11.9. The Morgan fingerprint density at radius 1 is 1.15 bits per heavy atom. The van der Waals surface area contributed by atoms with E-state index in [1.54, 1.807) is 18.3 Å². The van der Waals surface area contributed by atoms with Gasteiger partial charge in [-0.25, -0.2) is 18.1 Å². The van der Waals surface area contributed by atoms with Gasteiger partial charge >= 0.3 is 0 Å². The average Bonchev–Trinajstić information content (AvgIpc) is 2.69. The van der Waals surface area contributed by atoms with Crippen molar-refractivity contribution in [2.75, 3.05) is 25.0 Å². The van der Waals surface area contributed by atoms with Gasteiger partial charge in [-0.15, -0.1) is 0 Å². The summed E-state index contributed by atoms with van der Waals surface area (Å²) >= 11 is 0. The number of pyridine rings is 1. The van der Waals surface area contributed by atoms with Gasteiger partial charge in [-0.05, 0) is 50.2 Å². The molecule has 2 N–H and O–H groups in total. The number of piperidine rings is 1. The van der Waals surface area contributed by atoms with Crippen LogP contribution >= 0.6 is 0 Å². The predicted molar refractivity (Wildman–Crippen MR) is 99.6 cm³/mol. The minimum atomic E-state index is -3.57. The summed E-state index contributed by atoms with van der Waals surface area (Å²) in [5, 5.41) is 3.00. The van der Waals surface area contributed by atoms with E-state index in [1.807, 2.05) is 18.2 Å². The van der Waals surface area contributed by atoms with Gasteiger partial charge in [0.2, 0.25) is 10.0 Å². The van der Waals surface area contributed by atoms with Crippen LogP contribution in [0.15, 0.2) is 53.6 Å². The van der Waals surface area contributed by atoms with Crippen molar-refractivity contribution in [1.29, 1.82) is 0 Å². The minimum absolute atomic E-state index is 0.0621.